The Balaban J connectivity index is 2.77. The van der Waals surface area contributed by atoms with Crippen LogP contribution in [0.1, 0.15) is 25.0 Å². The Hall–Kier alpha value is -0.890. The number of benzene rings is 1. The summed E-state index contributed by atoms with van der Waals surface area (Å²) in [6.45, 7) is 5.67. The lowest BCUT2D eigenvalue weighted by atomic mass is 9.94. The van der Waals surface area contributed by atoms with Crippen molar-refractivity contribution in [1.29, 1.82) is 0 Å². The molecule has 78 valence electrons. The Labute approximate surface area is 84.6 Å². The van der Waals surface area contributed by atoms with Crippen molar-refractivity contribution in [2.75, 3.05) is 0 Å². The van der Waals surface area contributed by atoms with Crippen LogP contribution in [0.15, 0.2) is 18.2 Å². The van der Waals surface area contributed by atoms with Crippen LogP contribution in [-0.2, 0) is 6.42 Å². The number of hydrogen-bond acceptors (Lipinski definition) is 1. The van der Waals surface area contributed by atoms with Crippen molar-refractivity contribution >= 4 is 0 Å². The van der Waals surface area contributed by atoms with Gasteiger partial charge in [-0.05, 0) is 49.4 Å². The van der Waals surface area contributed by atoms with Gasteiger partial charge in [-0.1, -0.05) is 13.0 Å². The van der Waals surface area contributed by atoms with E-state index in [1.54, 1.807) is 13.0 Å². The standard InChI is InChI=1S/C12H17FO/c1-8(10(3)14)6-11-4-5-12(13)7-9(11)2/h4-5,7-8,10,14H,6H2,1-3H3. The zero-order valence-electron chi connectivity index (χ0n) is 8.92. The SMILES string of the molecule is Cc1cc(F)ccc1CC(C)C(C)O. The lowest BCUT2D eigenvalue weighted by Gasteiger charge is -2.15. The van der Waals surface area contributed by atoms with E-state index in [4.69, 9.17) is 0 Å². The van der Waals surface area contributed by atoms with Crippen molar-refractivity contribution in [3.8, 4) is 0 Å². The normalized spacial score (nSPS) is 15.2. The zero-order valence-corrected chi connectivity index (χ0v) is 8.92. The number of aryl methyl sites for hydroxylation is 1. The van der Waals surface area contributed by atoms with Crippen LogP contribution in [0.3, 0.4) is 0 Å². The molecule has 1 aromatic carbocycles. The molecule has 0 aliphatic rings. The smallest absolute Gasteiger partial charge is 0.123 e. The topological polar surface area (TPSA) is 20.2 Å². The van der Waals surface area contributed by atoms with Gasteiger partial charge in [-0.25, -0.2) is 4.39 Å². The summed E-state index contributed by atoms with van der Waals surface area (Å²) >= 11 is 0. The van der Waals surface area contributed by atoms with E-state index in [0.29, 0.717) is 0 Å². The number of rotatable bonds is 3. The Morgan fingerprint density at radius 3 is 2.50 bits per heavy atom. The Morgan fingerprint density at radius 1 is 1.36 bits per heavy atom. The van der Waals surface area contributed by atoms with Crippen molar-refractivity contribution in [3.05, 3.63) is 35.1 Å². The van der Waals surface area contributed by atoms with Gasteiger partial charge in [0.15, 0.2) is 0 Å². The van der Waals surface area contributed by atoms with Crippen molar-refractivity contribution in [2.45, 2.75) is 33.3 Å². The minimum absolute atomic E-state index is 0.198. The maximum Gasteiger partial charge on any atom is 0.123 e. The third-order valence-electron chi connectivity index (χ3n) is 2.67. The highest BCUT2D eigenvalue weighted by Crippen LogP contribution is 2.16. The first-order chi connectivity index (χ1) is 6.50. The number of aliphatic hydroxyl groups excluding tert-OH is 1. The van der Waals surface area contributed by atoms with Gasteiger partial charge in [-0.3, -0.25) is 0 Å². The fraction of sp³-hybridized carbons (Fsp3) is 0.500. The molecular formula is C12H17FO. The molecule has 0 amide bonds. The highest BCUT2D eigenvalue weighted by molar-refractivity contribution is 5.26. The minimum atomic E-state index is -0.320. The van der Waals surface area contributed by atoms with E-state index < -0.39 is 0 Å². The number of halogens is 1. The van der Waals surface area contributed by atoms with E-state index >= 15 is 0 Å². The third-order valence-corrected chi connectivity index (χ3v) is 2.67. The molecular weight excluding hydrogens is 179 g/mol. The fourth-order valence-corrected chi connectivity index (χ4v) is 1.41. The number of aliphatic hydroxyl groups is 1. The Kier molecular flexibility index (Phi) is 3.64. The Morgan fingerprint density at radius 2 is 2.00 bits per heavy atom. The molecule has 2 unspecified atom stereocenters. The molecule has 0 saturated heterocycles. The predicted octanol–water partition coefficient (Wildman–Crippen LogP) is 2.69. The molecule has 1 N–H and O–H groups in total. The molecule has 1 nitrogen and oxygen atoms in total. The largest absolute Gasteiger partial charge is 0.393 e. The van der Waals surface area contributed by atoms with Crippen LogP contribution in [0.4, 0.5) is 4.39 Å². The monoisotopic (exact) mass is 196 g/mol. The van der Waals surface area contributed by atoms with Gasteiger partial charge in [0, 0.05) is 0 Å². The maximum atomic E-state index is 12.8. The summed E-state index contributed by atoms with van der Waals surface area (Å²) in [6.07, 6.45) is 0.475. The van der Waals surface area contributed by atoms with E-state index in [0.717, 1.165) is 17.5 Å². The quantitative estimate of drug-likeness (QED) is 0.788. The van der Waals surface area contributed by atoms with Gasteiger partial charge >= 0.3 is 0 Å². The lowest BCUT2D eigenvalue weighted by Crippen LogP contribution is -2.16. The van der Waals surface area contributed by atoms with Crippen LogP contribution in [0, 0.1) is 18.7 Å². The summed E-state index contributed by atoms with van der Waals surface area (Å²) in [6, 6.07) is 4.80. The molecule has 0 aromatic heterocycles. The molecule has 1 rings (SSSR count). The van der Waals surface area contributed by atoms with Gasteiger partial charge in [0.05, 0.1) is 6.10 Å². The molecule has 0 bridgehead atoms. The summed E-state index contributed by atoms with van der Waals surface area (Å²) < 4.78 is 12.8. The molecule has 0 saturated carbocycles. The zero-order chi connectivity index (χ0) is 10.7. The molecule has 0 spiro atoms. The molecule has 2 atom stereocenters. The molecule has 0 radical (unpaired) electrons. The first kappa shape index (κ1) is 11.2. The summed E-state index contributed by atoms with van der Waals surface area (Å²) in [5.74, 6) is 0.00936. The van der Waals surface area contributed by atoms with Crippen molar-refractivity contribution < 1.29 is 9.50 Å². The molecule has 0 aliphatic heterocycles. The van der Waals surface area contributed by atoms with Gasteiger partial charge in [-0.15, -0.1) is 0 Å². The molecule has 1 aromatic rings. The number of hydrogen-bond donors (Lipinski definition) is 1. The highest BCUT2D eigenvalue weighted by Gasteiger charge is 2.11. The van der Waals surface area contributed by atoms with Crippen LogP contribution in [0.2, 0.25) is 0 Å². The van der Waals surface area contributed by atoms with E-state index in [-0.39, 0.29) is 17.8 Å². The van der Waals surface area contributed by atoms with Gasteiger partial charge in [0.1, 0.15) is 5.82 Å². The van der Waals surface area contributed by atoms with Crippen molar-refractivity contribution in [1.82, 2.24) is 0 Å². The third kappa shape index (κ3) is 2.81. The fourth-order valence-electron chi connectivity index (χ4n) is 1.41. The molecule has 0 fully saturated rings. The molecule has 0 aliphatic carbocycles. The van der Waals surface area contributed by atoms with Crippen molar-refractivity contribution in [3.63, 3.8) is 0 Å². The van der Waals surface area contributed by atoms with Gasteiger partial charge in [0.25, 0.3) is 0 Å². The summed E-state index contributed by atoms with van der Waals surface area (Å²) in [7, 11) is 0. The first-order valence-corrected chi connectivity index (χ1v) is 4.94. The second kappa shape index (κ2) is 4.56. The van der Waals surface area contributed by atoms with Crippen LogP contribution in [-0.4, -0.2) is 11.2 Å². The van der Waals surface area contributed by atoms with Gasteiger partial charge < -0.3 is 5.11 Å². The first-order valence-electron chi connectivity index (χ1n) is 4.94. The van der Waals surface area contributed by atoms with Gasteiger partial charge in [0.2, 0.25) is 0 Å². The average molecular weight is 196 g/mol. The van der Waals surface area contributed by atoms with E-state index in [9.17, 15) is 9.50 Å². The second-order valence-electron chi connectivity index (χ2n) is 3.99. The Bertz CT molecular complexity index is 307. The average Bonchev–Trinajstić information content (AvgIpc) is 2.09. The van der Waals surface area contributed by atoms with Crippen LogP contribution < -0.4 is 0 Å². The summed E-state index contributed by atoms with van der Waals surface area (Å²) in [4.78, 5) is 0. The van der Waals surface area contributed by atoms with Gasteiger partial charge in [-0.2, -0.15) is 0 Å². The van der Waals surface area contributed by atoms with E-state index in [2.05, 4.69) is 0 Å². The summed E-state index contributed by atoms with van der Waals surface area (Å²) in [5, 5.41) is 9.35. The molecule has 0 heterocycles. The second-order valence-corrected chi connectivity index (χ2v) is 3.99. The highest BCUT2D eigenvalue weighted by atomic mass is 19.1. The minimum Gasteiger partial charge on any atom is -0.393 e. The molecule has 2 heteroatoms. The maximum absolute atomic E-state index is 12.8. The summed E-state index contributed by atoms with van der Waals surface area (Å²) in [5.41, 5.74) is 2.07. The van der Waals surface area contributed by atoms with Crippen molar-refractivity contribution in [2.24, 2.45) is 5.92 Å². The van der Waals surface area contributed by atoms with E-state index in [1.807, 2.05) is 13.8 Å². The predicted molar refractivity (Wildman–Crippen MR) is 55.7 cm³/mol. The van der Waals surface area contributed by atoms with E-state index in [1.165, 1.54) is 12.1 Å². The van der Waals surface area contributed by atoms with Crippen LogP contribution >= 0.6 is 0 Å². The van der Waals surface area contributed by atoms with Crippen LogP contribution in [0.5, 0.6) is 0 Å². The van der Waals surface area contributed by atoms with Crippen LogP contribution in [0.25, 0.3) is 0 Å². The molecule has 14 heavy (non-hydrogen) atoms. The lowest BCUT2D eigenvalue weighted by molar-refractivity contribution is 0.135.